The van der Waals surface area contributed by atoms with E-state index in [-0.39, 0.29) is 16.8 Å². The molecule has 0 bridgehead atoms. The molecule has 1 aromatic heterocycles. The summed E-state index contributed by atoms with van der Waals surface area (Å²) in [5.41, 5.74) is 8.98. The number of carbonyl (C=O) groups is 1. The van der Waals surface area contributed by atoms with Gasteiger partial charge in [0.25, 0.3) is 0 Å². The van der Waals surface area contributed by atoms with Gasteiger partial charge in [-0.1, -0.05) is 28.1 Å². The topological polar surface area (TPSA) is 93.0 Å². The van der Waals surface area contributed by atoms with Crippen molar-refractivity contribution in [2.45, 2.75) is 32.8 Å². The van der Waals surface area contributed by atoms with Gasteiger partial charge in [-0.15, -0.1) is 0 Å². The minimum atomic E-state index is -0.422. The van der Waals surface area contributed by atoms with E-state index in [0.717, 1.165) is 10.0 Å². The predicted octanol–water partition coefficient (Wildman–Crippen LogP) is 4.27. The lowest BCUT2D eigenvalue weighted by molar-refractivity contribution is -0.142. The molecule has 2 aromatic rings. The molecule has 1 aliphatic rings. The molecule has 0 amide bonds. The summed E-state index contributed by atoms with van der Waals surface area (Å²) in [4.78, 5) is 20.1. The number of allylic oxidation sites excluding steroid dienone is 1. The van der Waals surface area contributed by atoms with Crippen LogP contribution in [-0.2, 0) is 9.53 Å². The number of hydrogen-bond acceptors (Lipinski definition) is 6. The molecule has 0 saturated carbocycles. The maximum atomic E-state index is 12.9. The zero-order chi connectivity index (χ0) is 19.0. The molecule has 1 unspecified atom stereocenters. The second-order valence-electron chi connectivity index (χ2n) is 6.32. The van der Waals surface area contributed by atoms with Crippen LogP contribution >= 0.6 is 28.1 Å². The second kappa shape index (κ2) is 7.20. The highest BCUT2D eigenvalue weighted by molar-refractivity contribution is 9.10. The van der Waals surface area contributed by atoms with Gasteiger partial charge in [0.15, 0.2) is 4.77 Å². The minimum absolute atomic E-state index is 0.232. The number of anilines is 2. The van der Waals surface area contributed by atoms with E-state index in [1.165, 1.54) is 0 Å². The molecule has 26 heavy (non-hydrogen) atoms. The Morgan fingerprint density at radius 3 is 2.81 bits per heavy atom. The molecule has 2 heterocycles. The number of aromatic nitrogens is 2. The normalized spacial score (nSPS) is 16.3. The molecule has 136 valence electrons. The van der Waals surface area contributed by atoms with Gasteiger partial charge in [0.2, 0.25) is 0 Å². The summed E-state index contributed by atoms with van der Waals surface area (Å²) >= 11 is 8.63. The number of nitrogen functional groups attached to an aromatic ring is 1. The smallest absolute Gasteiger partial charge is 0.337 e. The van der Waals surface area contributed by atoms with Crippen molar-refractivity contribution in [1.82, 2.24) is 9.97 Å². The number of hydrogen-bond donors (Lipinski definition) is 3. The van der Waals surface area contributed by atoms with Crippen LogP contribution in [0.2, 0.25) is 0 Å². The van der Waals surface area contributed by atoms with Crippen molar-refractivity contribution in [2.75, 3.05) is 11.1 Å². The third kappa shape index (κ3) is 3.52. The fourth-order valence-corrected chi connectivity index (χ4v) is 3.68. The summed E-state index contributed by atoms with van der Waals surface area (Å²) in [6, 6.07) is 7.74. The molecule has 0 spiro atoms. The van der Waals surface area contributed by atoms with Gasteiger partial charge in [-0.05, 0) is 50.7 Å². The average molecular weight is 435 g/mol. The van der Waals surface area contributed by atoms with Gasteiger partial charge < -0.3 is 20.8 Å². The number of nitrogens with one attached hydrogen (secondary N) is 2. The van der Waals surface area contributed by atoms with Crippen LogP contribution in [0.15, 0.2) is 40.0 Å². The molecule has 4 N–H and O–H groups in total. The lowest BCUT2D eigenvalue weighted by atomic mass is 9.82. The Bertz CT molecular complexity index is 968. The molecule has 6 nitrogen and oxygen atoms in total. The Morgan fingerprint density at radius 1 is 1.42 bits per heavy atom. The van der Waals surface area contributed by atoms with Crippen LogP contribution in [-0.4, -0.2) is 22.0 Å². The minimum Gasteiger partial charge on any atom is -0.460 e. The molecule has 0 saturated heterocycles. The lowest BCUT2D eigenvalue weighted by Crippen LogP contribution is -2.27. The number of ether oxygens (including phenoxy) is 1. The van der Waals surface area contributed by atoms with Gasteiger partial charge in [0.1, 0.15) is 11.6 Å². The highest BCUT2D eigenvalue weighted by Crippen LogP contribution is 2.44. The maximum Gasteiger partial charge on any atom is 0.337 e. The number of rotatable bonds is 3. The van der Waals surface area contributed by atoms with Gasteiger partial charge in [-0.2, -0.15) is 0 Å². The average Bonchev–Trinajstić information content (AvgIpc) is 2.52. The molecular weight excluding hydrogens is 416 g/mol. The third-order valence-electron chi connectivity index (χ3n) is 4.03. The van der Waals surface area contributed by atoms with Crippen LogP contribution in [0.1, 0.15) is 37.8 Å². The number of nitrogens with zero attached hydrogens (tertiary/aromatic N) is 1. The first-order valence-electron chi connectivity index (χ1n) is 8.12. The van der Waals surface area contributed by atoms with E-state index in [1.807, 2.05) is 45.0 Å². The summed E-state index contributed by atoms with van der Waals surface area (Å²) in [6.45, 7) is 5.46. The molecule has 0 radical (unpaired) electrons. The second-order valence-corrected chi connectivity index (χ2v) is 7.63. The summed E-state index contributed by atoms with van der Waals surface area (Å²) in [6.07, 6.45) is -0.232. The van der Waals surface area contributed by atoms with E-state index in [2.05, 4.69) is 31.2 Å². The van der Waals surface area contributed by atoms with Crippen LogP contribution in [0, 0.1) is 4.77 Å². The van der Waals surface area contributed by atoms with E-state index in [4.69, 9.17) is 22.7 Å². The summed E-state index contributed by atoms with van der Waals surface area (Å²) in [7, 11) is 0. The van der Waals surface area contributed by atoms with Crippen molar-refractivity contribution in [1.29, 1.82) is 0 Å². The molecule has 1 aromatic carbocycles. The Hall–Kier alpha value is -2.19. The zero-order valence-corrected chi connectivity index (χ0v) is 17.0. The quantitative estimate of drug-likeness (QED) is 0.493. The monoisotopic (exact) mass is 434 g/mol. The zero-order valence-electron chi connectivity index (χ0n) is 14.6. The SMILES string of the molecule is CC1=C(C(=O)OC(C)C)C(c2cccc(Br)c2)c2c(nc(=S)[nH]c2N)N1. The van der Waals surface area contributed by atoms with Crippen molar-refractivity contribution in [3.05, 3.63) is 55.9 Å². The molecule has 0 aliphatic carbocycles. The van der Waals surface area contributed by atoms with Gasteiger partial charge in [0.05, 0.1) is 17.6 Å². The van der Waals surface area contributed by atoms with Gasteiger partial charge in [0, 0.05) is 15.7 Å². The Kier molecular flexibility index (Phi) is 5.15. The largest absolute Gasteiger partial charge is 0.460 e. The first kappa shape index (κ1) is 18.6. The number of esters is 1. The van der Waals surface area contributed by atoms with Crippen molar-refractivity contribution >= 4 is 45.8 Å². The van der Waals surface area contributed by atoms with Crippen LogP contribution in [0.3, 0.4) is 0 Å². The van der Waals surface area contributed by atoms with Gasteiger partial charge in [-0.3, -0.25) is 0 Å². The van der Waals surface area contributed by atoms with Gasteiger partial charge >= 0.3 is 5.97 Å². The Morgan fingerprint density at radius 2 is 2.15 bits per heavy atom. The van der Waals surface area contributed by atoms with Crippen molar-refractivity contribution < 1.29 is 9.53 Å². The van der Waals surface area contributed by atoms with E-state index in [9.17, 15) is 4.79 Å². The van der Waals surface area contributed by atoms with E-state index in [1.54, 1.807) is 0 Å². The standard InChI is InChI=1S/C18H19BrN4O2S/c1-8(2)25-17(24)12-9(3)21-16-14(15(20)22-18(26)23-16)13(12)10-5-4-6-11(19)7-10/h4-8,13H,1-3H3,(H4,20,21,22,23,26). The molecular formula is C18H19BrN4O2S. The highest BCUT2D eigenvalue weighted by atomic mass is 79.9. The fourth-order valence-electron chi connectivity index (χ4n) is 3.06. The first-order chi connectivity index (χ1) is 12.3. The lowest BCUT2D eigenvalue weighted by Gasteiger charge is -2.30. The summed E-state index contributed by atoms with van der Waals surface area (Å²) in [5, 5.41) is 3.15. The number of nitrogens with two attached hydrogens (primary N) is 1. The van der Waals surface area contributed by atoms with Gasteiger partial charge in [-0.25, -0.2) is 9.78 Å². The Balaban J connectivity index is 2.25. The maximum absolute atomic E-state index is 12.9. The van der Waals surface area contributed by atoms with Crippen LogP contribution in [0.5, 0.6) is 0 Å². The third-order valence-corrected chi connectivity index (χ3v) is 4.72. The summed E-state index contributed by atoms with van der Waals surface area (Å²) in [5.74, 6) is 0.117. The predicted molar refractivity (Wildman–Crippen MR) is 107 cm³/mol. The molecule has 0 fully saturated rings. The van der Waals surface area contributed by atoms with E-state index in [0.29, 0.717) is 28.5 Å². The first-order valence-corrected chi connectivity index (χ1v) is 9.32. The fraction of sp³-hybridized carbons (Fsp3) is 0.278. The van der Waals surface area contributed by atoms with E-state index >= 15 is 0 Å². The molecule has 3 rings (SSSR count). The molecule has 1 aliphatic heterocycles. The molecule has 8 heteroatoms. The van der Waals surface area contributed by atoms with Crippen molar-refractivity contribution in [3.63, 3.8) is 0 Å². The Labute approximate surface area is 165 Å². The number of aromatic amines is 1. The van der Waals surface area contributed by atoms with Crippen molar-refractivity contribution in [3.8, 4) is 0 Å². The number of carbonyl (C=O) groups excluding carboxylic acids is 1. The van der Waals surface area contributed by atoms with Crippen LogP contribution in [0.25, 0.3) is 0 Å². The van der Waals surface area contributed by atoms with Crippen LogP contribution in [0.4, 0.5) is 11.6 Å². The van der Waals surface area contributed by atoms with Crippen molar-refractivity contribution in [2.24, 2.45) is 0 Å². The van der Waals surface area contributed by atoms with Crippen LogP contribution < -0.4 is 11.1 Å². The van der Waals surface area contributed by atoms with E-state index < -0.39 is 5.92 Å². The molecule has 1 atom stereocenters. The number of H-pyrrole nitrogens is 1. The number of fused-ring (bicyclic) bond motifs is 1. The summed E-state index contributed by atoms with van der Waals surface area (Å²) < 4.78 is 6.66. The number of benzene rings is 1. The highest BCUT2D eigenvalue weighted by Gasteiger charge is 2.36. The number of halogens is 1.